The summed E-state index contributed by atoms with van der Waals surface area (Å²) in [5, 5.41) is 9.68. The number of carbonyl (C=O) groups excluding carboxylic acids is 2. The number of guanidine groups is 1. The Bertz CT molecular complexity index is 365. The zero-order valence-electron chi connectivity index (χ0n) is 11.9. The Labute approximate surface area is 119 Å². The molecule has 1 aliphatic rings. The lowest BCUT2D eigenvalue weighted by atomic mass is 10.1. The van der Waals surface area contributed by atoms with Crippen LogP contribution in [-0.4, -0.2) is 66.3 Å². The average molecular weight is 284 g/mol. The summed E-state index contributed by atoms with van der Waals surface area (Å²) in [5.74, 6) is -0.113. The minimum atomic E-state index is -0.535. The summed E-state index contributed by atoms with van der Waals surface area (Å²) in [6.07, 6.45) is 1.23. The molecule has 0 spiro atoms. The summed E-state index contributed by atoms with van der Waals surface area (Å²) >= 11 is 0. The van der Waals surface area contributed by atoms with E-state index in [1.54, 1.807) is 9.80 Å². The normalized spacial score (nSPS) is 16.7. The zero-order valence-corrected chi connectivity index (χ0v) is 11.9. The maximum atomic E-state index is 12.1. The fraction of sp³-hybridized carbons (Fsp3) is 0.750. The van der Waals surface area contributed by atoms with Crippen molar-refractivity contribution >= 4 is 17.8 Å². The SMILES string of the molecule is CC(=O)N1CCN(C(=O)[C@@H](N)CCCNC(=N)N)CC1. The van der Waals surface area contributed by atoms with Crippen molar-refractivity contribution in [1.82, 2.24) is 15.1 Å². The van der Waals surface area contributed by atoms with E-state index in [-0.39, 0.29) is 17.8 Å². The lowest BCUT2D eigenvalue weighted by Crippen LogP contribution is -2.54. The maximum Gasteiger partial charge on any atom is 0.239 e. The van der Waals surface area contributed by atoms with Gasteiger partial charge in [-0.15, -0.1) is 0 Å². The fourth-order valence-corrected chi connectivity index (χ4v) is 2.14. The summed E-state index contributed by atoms with van der Waals surface area (Å²) in [6, 6.07) is -0.535. The molecule has 0 unspecified atom stereocenters. The van der Waals surface area contributed by atoms with Crippen molar-refractivity contribution in [2.45, 2.75) is 25.8 Å². The van der Waals surface area contributed by atoms with E-state index in [1.165, 1.54) is 6.92 Å². The van der Waals surface area contributed by atoms with Crippen molar-refractivity contribution in [2.75, 3.05) is 32.7 Å². The number of hydrogen-bond acceptors (Lipinski definition) is 4. The van der Waals surface area contributed by atoms with Crippen LogP contribution in [0.4, 0.5) is 0 Å². The second-order valence-electron chi connectivity index (χ2n) is 4.92. The number of nitrogens with zero attached hydrogens (tertiary/aromatic N) is 2. The van der Waals surface area contributed by atoms with Crippen LogP contribution in [0.5, 0.6) is 0 Å². The quantitative estimate of drug-likeness (QED) is 0.271. The van der Waals surface area contributed by atoms with Gasteiger partial charge in [0.2, 0.25) is 11.8 Å². The Morgan fingerprint density at radius 2 is 1.80 bits per heavy atom. The molecule has 0 aliphatic carbocycles. The Morgan fingerprint density at radius 3 is 2.30 bits per heavy atom. The molecule has 6 N–H and O–H groups in total. The van der Waals surface area contributed by atoms with E-state index in [9.17, 15) is 9.59 Å². The van der Waals surface area contributed by atoms with Crippen LogP contribution in [0.2, 0.25) is 0 Å². The average Bonchev–Trinajstić information content (AvgIpc) is 2.42. The van der Waals surface area contributed by atoms with Gasteiger partial charge < -0.3 is 26.6 Å². The summed E-state index contributed by atoms with van der Waals surface area (Å²) in [5.41, 5.74) is 11.0. The molecule has 0 saturated carbocycles. The molecule has 2 amide bonds. The number of rotatable bonds is 5. The summed E-state index contributed by atoms with van der Waals surface area (Å²) < 4.78 is 0. The van der Waals surface area contributed by atoms with Gasteiger partial charge in [-0.1, -0.05) is 0 Å². The van der Waals surface area contributed by atoms with Crippen LogP contribution in [0.3, 0.4) is 0 Å². The predicted molar refractivity (Wildman–Crippen MR) is 76.0 cm³/mol. The molecule has 0 aromatic rings. The van der Waals surface area contributed by atoms with Gasteiger partial charge in [0, 0.05) is 39.6 Å². The van der Waals surface area contributed by atoms with Gasteiger partial charge >= 0.3 is 0 Å². The summed E-state index contributed by atoms with van der Waals surface area (Å²) in [4.78, 5) is 26.8. The first-order valence-corrected chi connectivity index (χ1v) is 6.79. The first kappa shape index (κ1) is 16.2. The third-order valence-electron chi connectivity index (χ3n) is 3.36. The van der Waals surface area contributed by atoms with Crippen molar-refractivity contribution in [3.63, 3.8) is 0 Å². The highest BCUT2D eigenvalue weighted by atomic mass is 16.2. The van der Waals surface area contributed by atoms with Gasteiger partial charge in [-0.05, 0) is 12.8 Å². The first-order valence-electron chi connectivity index (χ1n) is 6.79. The van der Waals surface area contributed by atoms with E-state index in [2.05, 4.69) is 5.32 Å². The highest BCUT2D eigenvalue weighted by molar-refractivity contribution is 5.82. The van der Waals surface area contributed by atoms with Gasteiger partial charge in [0.15, 0.2) is 5.96 Å². The summed E-state index contributed by atoms with van der Waals surface area (Å²) in [7, 11) is 0. The van der Waals surface area contributed by atoms with E-state index >= 15 is 0 Å². The van der Waals surface area contributed by atoms with Crippen LogP contribution in [0.25, 0.3) is 0 Å². The second-order valence-corrected chi connectivity index (χ2v) is 4.92. The van der Waals surface area contributed by atoms with Crippen LogP contribution in [0.1, 0.15) is 19.8 Å². The Balaban J connectivity index is 2.27. The van der Waals surface area contributed by atoms with Gasteiger partial charge in [-0.3, -0.25) is 15.0 Å². The van der Waals surface area contributed by atoms with E-state index < -0.39 is 6.04 Å². The molecule has 1 fully saturated rings. The fourth-order valence-electron chi connectivity index (χ4n) is 2.14. The monoisotopic (exact) mass is 284 g/mol. The van der Waals surface area contributed by atoms with E-state index in [0.717, 1.165) is 0 Å². The smallest absolute Gasteiger partial charge is 0.239 e. The standard InChI is InChI=1S/C12H24N6O2/c1-9(19)17-5-7-18(8-6-17)11(20)10(13)3-2-4-16-12(14)15/h10H,2-8,13H2,1H3,(H4,14,15,16)/t10-/m0/s1. The maximum absolute atomic E-state index is 12.1. The van der Waals surface area contributed by atoms with Crippen molar-refractivity contribution in [1.29, 1.82) is 5.41 Å². The molecule has 114 valence electrons. The molecule has 1 aliphatic heterocycles. The van der Waals surface area contributed by atoms with Gasteiger partial charge in [0.05, 0.1) is 6.04 Å². The van der Waals surface area contributed by atoms with Gasteiger partial charge in [0.25, 0.3) is 0 Å². The topological polar surface area (TPSA) is 129 Å². The molecule has 0 radical (unpaired) electrons. The first-order chi connectivity index (χ1) is 9.41. The van der Waals surface area contributed by atoms with E-state index in [4.69, 9.17) is 16.9 Å². The molecule has 1 atom stereocenters. The predicted octanol–water partition coefficient (Wildman–Crippen LogP) is -1.73. The van der Waals surface area contributed by atoms with Crippen LogP contribution in [-0.2, 0) is 9.59 Å². The molecular formula is C12H24N6O2. The van der Waals surface area contributed by atoms with Gasteiger partial charge in [0.1, 0.15) is 0 Å². The third-order valence-corrected chi connectivity index (χ3v) is 3.36. The Kier molecular flexibility index (Phi) is 6.23. The van der Waals surface area contributed by atoms with Crippen LogP contribution >= 0.6 is 0 Å². The third kappa shape index (κ3) is 5.04. The van der Waals surface area contributed by atoms with E-state index in [0.29, 0.717) is 45.6 Å². The molecule has 20 heavy (non-hydrogen) atoms. The van der Waals surface area contributed by atoms with E-state index in [1.807, 2.05) is 0 Å². The van der Waals surface area contributed by atoms with Crippen molar-refractivity contribution in [3.8, 4) is 0 Å². The lowest BCUT2D eigenvalue weighted by molar-refractivity contribution is -0.139. The number of nitrogens with one attached hydrogen (secondary N) is 2. The number of amides is 2. The molecular weight excluding hydrogens is 260 g/mol. The van der Waals surface area contributed by atoms with Crippen LogP contribution < -0.4 is 16.8 Å². The Morgan fingerprint density at radius 1 is 1.25 bits per heavy atom. The summed E-state index contributed by atoms with van der Waals surface area (Å²) in [6.45, 7) is 4.29. The number of hydrogen-bond donors (Lipinski definition) is 4. The number of piperazine rings is 1. The van der Waals surface area contributed by atoms with Gasteiger partial charge in [-0.25, -0.2) is 0 Å². The van der Waals surface area contributed by atoms with Crippen molar-refractivity contribution < 1.29 is 9.59 Å². The minimum Gasteiger partial charge on any atom is -0.370 e. The zero-order chi connectivity index (χ0) is 15.1. The molecule has 0 bridgehead atoms. The molecule has 0 aromatic heterocycles. The number of carbonyl (C=O) groups is 2. The largest absolute Gasteiger partial charge is 0.370 e. The number of nitrogens with two attached hydrogens (primary N) is 2. The molecule has 1 heterocycles. The van der Waals surface area contributed by atoms with Crippen LogP contribution in [0, 0.1) is 5.41 Å². The highest BCUT2D eigenvalue weighted by Crippen LogP contribution is 2.06. The van der Waals surface area contributed by atoms with Gasteiger partial charge in [-0.2, -0.15) is 0 Å². The molecule has 8 nitrogen and oxygen atoms in total. The molecule has 1 rings (SSSR count). The van der Waals surface area contributed by atoms with Crippen molar-refractivity contribution in [3.05, 3.63) is 0 Å². The molecule has 0 aromatic carbocycles. The Hall–Kier alpha value is -1.83. The lowest BCUT2D eigenvalue weighted by Gasteiger charge is -2.35. The minimum absolute atomic E-state index is 0.0386. The second kappa shape index (κ2) is 7.68. The highest BCUT2D eigenvalue weighted by Gasteiger charge is 2.25. The van der Waals surface area contributed by atoms with Crippen LogP contribution in [0.15, 0.2) is 0 Å². The molecule has 8 heteroatoms. The molecule has 1 saturated heterocycles. The van der Waals surface area contributed by atoms with Crippen molar-refractivity contribution in [2.24, 2.45) is 11.5 Å².